The lowest BCUT2D eigenvalue weighted by molar-refractivity contribution is 0.238. The summed E-state index contributed by atoms with van der Waals surface area (Å²) in [5.41, 5.74) is 0. The van der Waals surface area contributed by atoms with Crippen LogP contribution in [0.15, 0.2) is 12.8 Å². The first-order valence-electron chi connectivity index (χ1n) is 2.89. The normalized spacial score (nSPS) is 25.4. The van der Waals surface area contributed by atoms with Crippen molar-refractivity contribution >= 4 is 8.25 Å². The van der Waals surface area contributed by atoms with E-state index in [4.69, 9.17) is 9.26 Å². The highest BCUT2D eigenvalue weighted by Crippen LogP contribution is 2.25. The standard InChI is InChI=1S/C5H9O4P/c1-2-8-10(6)9-4-5-3-7-5/h2,5,10H,1,3-4H2. The maximum Gasteiger partial charge on any atom is 0.367 e. The van der Waals surface area contributed by atoms with Crippen molar-refractivity contribution in [3.63, 3.8) is 0 Å². The largest absolute Gasteiger partial charge is 0.435 e. The average molecular weight is 164 g/mol. The molecule has 2 atom stereocenters. The number of hydrogen-bond donors (Lipinski definition) is 0. The molecule has 0 aromatic heterocycles. The van der Waals surface area contributed by atoms with Crippen LogP contribution in [0.25, 0.3) is 0 Å². The molecule has 0 aromatic rings. The molecule has 0 bridgehead atoms. The summed E-state index contributed by atoms with van der Waals surface area (Å²) in [6, 6.07) is 0. The summed E-state index contributed by atoms with van der Waals surface area (Å²) in [6.07, 6.45) is 1.23. The molecule has 0 aliphatic carbocycles. The highest BCUT2D eigenvalue weighted by Gasteiger charge is 2.23. The summed E-state index contributed by atoms with van der Waals surface area (Å²) in [4.78, 5) is 0. The maximum absolute atomic E-state index is 10.6. The lowest BCUT2D eigenvalue weighted by Gasteiger charge is -1.98. The second-order valence-electron chi connectivity index (χ2n) is 1.80. The topological polar surface area (TPSA) is 48.1 Å². The van der Waals surface area contributed by atoms with Crippen molar-refractivity contribution in [3.8, 4) is 0 Å². The summed E-state index contributed by atoms with van der Waals surface area (Å²) in [7, 11) is -2.34. The molecule has 2 unspecified atom stereocenters. The van der Waals surface area contributed by atoms with E-state index in [1.54, 1.807) is 0 Å². The number of ether oxygens (including phenoxy) is 1. The fraction of sp³-hybridized carbons (Fsp3) is 0.600. The van der Waals surface area contributed by atoms with E-state index in [2.05, 4.69) is 11.1 Å². The summed E-state index contributed by atoms with van der Waals surface area (Å²) in [5, 5.41) is 0. The quantitative estimate of drug-likeness (QED) is 0.345. The van der Waals surface area contributed by atoms with E-state index in [1.165, 1.54) is 0 Å². The SMILES string of the molecule is C=CO[PH](=O)OCC1CO1. The molecule has 1 heterocycles. The molecule has 0 spiro atoms. The predicted molar refractivity (Wildman–Crippen MR) is 36.0 cm³/mol. The Morgan fingerprint density at radius 2 is 2.60 bits per heavy atom. The van der Waals surface area contributed by atoms with Gasteiger partial charge in [-0.05, 0) is 0 Å². The molecular formula is C5H9O4P. The van der Waals surface area contributed by atoms with Crippen molar-refractivity contribution in [2.75, 3.05) is 13.2 Å². The summed E-state index contributed by atoms with van der Waals surface area (Å²) < 4.78 is 24.6. The molecule has 10 heavy (non-hydrogen) atoms. The maximum atomic E-state index is 10.6. The van der Waals surface area contributed by atoms with Crippen molar-refractivity contribution in [1.29, 1.82) is 0 Å². The highest BCUT2D eigenvalue weighted by atomic mass is 31.1. The molecular weight excluding hydrogens is 155 g/mol. The molecule has 4 nitrogen and oxygen atoms in total. The molecule has 1 aliphatic rings. The van der Waals surface area contributed by atoms with E-state index < -0.39 is 8.25 Å². The molecule has 0 saturated carbocycles. The first-order chi connectivity index (χ1) is 4.83. The zero-order valence-electron chi connectivity index (χ0n) is 5.41. The molecule has 0 N–H and O–H groups in total. The zero-order valence-corrected chi connectivity index (χ0v) is 6.41. The van der Waals surface area contributed by atoms with Crippen LogP contribution in [0, 0.1) is 0 Å². The van der Waals surface area contributed by atoms with Gasteiger partial charge >= 0.3 is 8.25 Å². The van der Waals surface area contributed by atoms with E-state index in [1.807, 2.05) is 0 Å². The van der Waals surface area contributed by atoms with Gasteiger partial charge in [-0.2, -0.15) is 0 Å². The van der Waals surface area contributed by atoms with E-state index in [9.17, 15) is 4.57 Å². The zero-order chi connectivity index (χ0) is 7.40. The van der Waals surface area contributed by atoms with Crippen molar-refractivity contribution in [2.24, 2.45) is 0 Å². The van der Waals surface area contributed by atoms with Gasteiger partial charge in [0.2, 0.25) is 0 Å². The van der Waals surface area contributed by atoms with Crippen LogP contribution in [0.5, 0.6) is 0 Å². The molecule has 5 heteroatoms. The minimum atomic E-state index is -2.34. The van der Waals surface area contributed by atoms with Crippen molar-refractivity contribution in [1.82, 2.24) is 0 Å². The Hall–Kier alpha value is -0.310. The van der Waals surface area contributed by atoms with Gasteiger partial charge in [0, 0.05) is 0 Å². The van der Waals surface area contributed by atoms with Crippen molar-refractivity contribution in [2.45, 2.75) is 6.10 Å². The Morgan fingerprint density at radius 3 is 3.10 bits per heavy atom. The third-order valence-electron chi connectivity index (χ3n) is 0.969. The Balaban J connectivity index is 1.99. The molecule has 58 valence electrons. The van der Waals surface area contributed by atoms with Crippen molar-refractivity contribution in [3.05, 3.63) is 12.8 Å². The summed E-state index contributed by atoms with van der Waals surface area (Å²) in [5.74, 6) is 0. The van der Waals surface area contributed by atoms with Crippen LogP contribution >= 0.6 is 8.25 Å². The van der Waals surface area contributed by atoms with Crippen molar-refractivity contribution < 1.29 is 18.3 Å². The van der Waals surface area contributed by atoms with Crippen LogP contribution < -0.4 is 0 Å². The van der Waals surface area contributed by atoms with Gasteiger partial charge in [-0.1, -0.05) is 6.58 Å². The van der Waals surface area contributed by atoms with Crippen LogP contribution in [0.1, 0.15) is 0 Å². The lowest BCUT2D eigenvalue weighted by Crippen LogP contribution is -1.94. The van der Waals surface area contributed by atoms with Gasteiger partial charge in [0.25, 0.3) is 0 Å². The first-order valence-corrected chi connectivity index (χ1v) is 4.11. The predicted octanol–water partition coefficient (Wildman–Crippen LogP) is 0.952. The number of hydrogen-bond acceptors (Lipinski definition) is 4. The van der Waals surface area contributed by atoms with Crippen LogP contribution in [-0.2, 0) is 18.3 Å². The van der Waals surface area contributed by atoms with Gasteiger partial charge in [-0.3, -0.25) is 4.52 Å². The second kappa shape index (κ2) is 3.76. The molecule has 0 aromatic carbocycles. The summed E-state index contributed by atoms with van der Waals surface area (Å²) >= 11 is 0. The monoisotopic (exact) mass is 164 g/mol. The second-order valence-corrected chi connectivity index (χ2v) is 2.83. The number of epoxide rings is 1. The fourth-order valence-electron chi connectivity index (χ4n) is 0.427. The highest BCUT2D eigenvalue weighted by molar-refractivity contribution is 7.33. The minimum Gasteiger partial charge on any atom is -0.435 e. The molecule has 1 fully saturated rings. The Bertz CT molecular complexity index is 143. The smallest absolute Gasteiger partial charge is 0.367 e. The first kappa shape index (κ1) is 7.79. The van der Waals surface area contributed by atoms with Crippen LogP contribution in [0.3, 0.4) is 0 Å². The molecule has 1 aliphatic heterocycles. The lowest BCUT2D eigenvalue weighted by atomic mass is 10.5. The fourth-order valence-corrected chi connectivity index (χ4v) is 0.953. The summed E-state index contributed by atoms with van der Waals surface area (Å²) in [6.45, 7) is 4.29. The van der Waals surface area contributed by atoms with Gasteiger partial charge < -0.3 is 9.26 Å². The third-order valence-corrected chi connectivity index (χ3v) is 1.73. The van der Waals surface area contributed by atoms with Crippen LogP contribution in [0.4, 0.5) is 0 Å². The van der Waals surface area contributed by atoms with E-state index >= 15 is 0 Å². The third kappa shape index (κ3) is 3.01. The van der Waals surface area contributed by atoms with E-state index in [0.29, 0.717) is 13.2 Å². The molecule has 1 saturated heterocycles. The molecule has 0 radical (unpaired) electrons. The van der Waals surface area contributed by atoms with Gasteiger partial charge in [0.05, 0.1) is 19.5 Å². The Morgan fingerprint density at radius 1 is 1.90 bits per heavy atom. The minimum absolute atomic E-state index is 0.127. The van der Waals surface area contributed by atoms with Crippen LogP contribution in [0.2, 0.25) is 0 Å². The van der Waals surface area contributed by atoms with Gasteiger partial charge in [0.15, 0.2) is 0 Å². The van der Waals surface area contributed by atoms with Crippen LogP contribution in [-0.4, -0.2) is 19.3 Å². The van der Waals surface area contributed by atoms with Gasteiger partial charge in [-0.25, -0.2) is 4.57 Å². The van der Waals surface area contributed by atoms with E-state index in [-0.39, 0.29) is 6.10 Å². The molecule has 0 amide bonds. The number of rotatable bonds is 5. The van der Waals surface area contributed by atoms with Gasteiger partial charge in [-0.15, -0.1) is 0 Å². The Labute approximate surface area is 59.7 Å². The average Bonchev–Trinajstić information content (AvgIpc) is 2.67. The molecule has 1 rings (SSSR count). The Kier molecular flexibility index (Phi) is 2.93. The van der Waals surface area contributed by atoms with E-state index in [0.717, 1.165) is 6.26 Å². The van der Waals surface area contributed by atoms with Gasteiger partial charge in [0.1, 0.15) is 6.10 Å².